The van der Waals surface area contributed by atoms with Gasteiger partial charge in [0.15, 0.2) is 5.78 Å². The molecule has 0 aliphatic carbocycles. The molecule has 5 heteroatoms. The first-order chi connectivity index (χ1) is 7.88. The Morgan fingerprint density at radius 2 is 1.71 bits per heavy atom. The molecule has 0 N–H and O–H groups in total. The molecular weight excluding hydrogens is 263 g/mol. The van der Waals surface area contributed by atoms with Crippen LogP contribution in [0.15, 0.2) is 18.2 Å². The van der Waals surface area contributed by atoms with Crippen LogP contribution in [0, 0.1) is 0 Å². The van der Waals surface area contributed by atoms with Crippen LogP contribution < -0.4 is 0 Å². The van der Waals surface area contributed by atoms with Crippen LogP contribution in [0.1, 0.15) is 30.6 Å². The van der Waals surface area contributed by atoms with Crippen molar-refractivity contribution in [1.29, 1.82) is 0 Å². The average Bonchev–Trinajstić information content (AvgIpc) is 2.14. The second-order valence-corrected chi connectivity index (χ2v) is 4.67. The number of rotatable bonds is 4. The molecule has 0 aliphatic heterocycles. The van der Waals surface area contributed by atoms with Crippen molar-refractivity contribution in [2.45, 2.75) is 26.4 Å². The molecular formula is C12H12Cl2O3. The van der Waals surface area contributed by atoms with Crippen molar-refractivity contribution in [3.63, 3.8) is 0 Å². The van der Waals surface area contributed by atoms with Crippen LogP contribution in [0.4, 0.5) is 0 Å². The molecule has 92 valence electrons. The number of ether oxygens (including phenoxy) is 1. The predicted octanol–water partition coefficient (Wildman–Crippen LogP) is 3.52. The maximum absolute atomic E-state index is 11.7. The Labute approximate surface area is 110 Å². The van der Waals surface area contributed by atoms with Crippen molar-refractivity contribution in [3.05, 3.63) is 33.8 Å². The molecule has 0 spiro atoms. The highest BCUT2D eigenvalue weighted by atomic mass is 35.5. The van der Waals surface area contributed by atoms with Gasteiger partial charge >= 0.3 is 5.97 Å². The smallest absolute Gasteiger partial charge is 0.313 e. The van der Waals surface area contributed by atoms with E-state index in [1.807, 2.05) is 0 Å². The first kappa shape index (κ1) is 14.0. The lowest BCUT2D eigenvalue weighted by molar-refractivity contribution is -0.146. The Morgan fingerprint density at radius 3 is 2.18 bits per heavy atom. The summed E-state index contributed by atoms with van der Waals surface area (Å²) < 4.78 is 4.88. The molecule has 0 atom stereocenters. The largest absolute Gasteiger partial charge is 0.463 e. The fraction of sp³-hybridized carbons (Fsp3) is 0.333. The number of halogens is 2. The lowest BCUT2D eigenvalue weighted by Gasteiger charge is -2.07. The fourth-order valence-electron chi connectivity index (χ4n) is 1.25. The van der Waals surface area contributed by atoms with E-state index < -0.39 is 5.97 Å². The monoisotopic (exact) mass is 274 g/mol. The minimum atomic E-state index is -0.555. The van der Waals surface area contributed by atoms with Crippen molar-refractivity contribution >= 4 is 35.0 Å². The van der Waals surface area contributed by atoms with Gasteiger partial charge in [-0.25, -0.2) is 0 Å². The molecule has 0 saturated heterocycles. The topological polar surface area (TPSA) is 43.4 Å². The number of hydrogen-bond acceptors (Lipinski definition) is 3. The van der Waals surface area contributed by atoms with Gasteiger partial charge in [-0.1, -0.05) is 23.2 Å². The molecule has 0 unspecified atom stereocenters. The third-order valence-corrected chi connectivity index (χ3v) is 2.29. The number of hydrogen-bond donors (Lipinski definition) is 0. The highest BCUT2D eigenvalue weighted by Gasteiger charge is 2.15. The first-order valence-corrected chi connectivity index (χ1v) is 5.83. The summed E-state index contributed by atoms with van der Waals surface area (Å²) in [5, 5.41) is 0.719. The molecule has 0 saturated carbocycles. The van der Waals surface area contributed by atoms with E-state index >= 15 is 0 Å². The Hall–Kier alpha value is -1.06. The third kappa shape index (κ3) is 4.75. The molecule has 17 heavy (non-hydrogen) atoms. The SMILES string of the molecule is CC(C)OC(=O)CC(=O)c1cc(Cl)cc(Cl)c1. The Morgan fingerprint density at radius 1 is 1.18 bits per heavy atom. The van der Waals surface area contributed by atoms with Crippen LogP contribution >= 0.6 is 23.2 Å². The zero-order chi connectivity index (χ0) is 13.0. The van der Waals surface area contributed by atoms with Gasteiger partial charge in [-0.05, 0) is 32.0 Å². The van der Waals surface area contributed by atoms with Crippen molar-refractivity contribution in [2.75, 3.05) is 0 Å². The highest BCUT2D eigenvalue weighted by molar-refractivity contribution is 6.35. The third-order valence-electron chi connectivity index (χ3n) is 1.86. The second-order valence-electron chi connectivity index (χ2n) is 3.80. The van der Waals surface area contributed by atoms with E-state index in [0.29, 0.717) is 15.6 Å². The van der Waals surface area contributed by atoms with Crippen molar-refractivity contribution in [1.82, 2.24) is 0 Å². The average molecular weight is 275 g/mol. The summed E-state index contributed by atoms with van der Waals surface area (Å²) >= 11 is 11.5. The summed E-state index contributed by atoms with van der Waals surface area (Å²) in [7, 11) is 0. The van der Waals surface area contributed by atoms with Crippen LogP contribution in [0.2, 0.25) is 10.0 Å². The van der Waals surface area contributed by atoms with Gasteiger partial charge in [-0.15, -0.1) is 0 Å². The number of esters is 1. The van der Waals surface area contributed by atoms with E-state index in [1.165, 1.54) is 18.2 Å². The Kier molecular flexibility index (Phi) is 4.97. The van der Waals surface area contributed by atoms with Crippen LogP contribution in [0.25, 0.3) is 0 Å². The molecule has 0 aromatic heterocycles. The molecule has 0 heterocycles. The van der Waals surface area contributed by atoms with Crippen LogP contribution in [0.3, 0.4) is 0 Å². The zero-order valence-electron chi connectivity index (χ0n) is 9.50. The summed E-state index contributed by atoms with van der Waals surface area (Å²) in [5.74, 6) is -0.916. The first-order valence-electron chi connectivity index (χ1n) is 5.07. The molecule has 1 rings (SSSR count). The maximum atomic E-state index is 11.7. The van der Waals surface area contributed by atoms with Crippen LogP contribution in [-0.2, 0) is 9.53 Å². The zero-order valence-corrected chi connectivity index (χ0v) is 11.0. The van der Waals surface area contributed by atoms with Crippen molar-refractivity contribution < 1.29 is 14.3 Å². The summed E-state index contributed by atoms with van der Waals surface area (Å²) in [4.78, 5) is 23.0. The lowest BCUT2D eigenvalue weighted by Crippen LogP contribution is -2.15. The van der Waals surface area contributed by atoms with Crippen LogP contribution in [0.5, 0.6) is 0 Å². The maximum Gasteiger partial charge on any atom is 0.313 e. The summed E-state index contributed by atoms with van der Waals surface area (Å²) in [6.45, 7) is 3.44. The molecule has 3 nitrogen and oxygen atoms in total. The summed E-state index contributed by atoms with van der Waals surface area (Å²) in [5.41, 5.74) is 0.309. The Bertz CT molecular complexity index is 421. The van der Waals surface area contributed by atoms with E-state index in [2.05, 4.69) is 0 Å². The standard InChI is InChI=1S/C12H12Cl2O3/c1-7(2)17-12(16)6-11(15)8-3-9(13)5-10(14)4-8/h3-5,7H,6H2,1-2H3. The molecule has 0 fully saturated rings. The van der Waals surface area contributed by atoms with Gasteiger partial charge in [-0.3, -0.25) is 9.59 Å². The molecule has 1 aromatic carbocycles. The van der Waals surface area contributed by atoms with E-state index in [4.69, 9.17) is 27.9 Å². The number of carbonyl (C=O) groups excluding carboxylic acids is 2. The minimum Gasteiger partial charge on any atom is -0.463 e. The molecule has 0 amide bonds. The van der Waals surface area contributed by atoms with Crippen LogP contribution in [-0.4, -0.2) is 17.9 Å². The van der Waals surface area contributed by atoms with Gasteiger partial charge in [0, 0.05) is 15.6 Å². The number of Topliss-reactive ketones (excluding diaryl/α,β-unsaturated/α-hetero) is 1. The molecule has 0 bridgehead atoms. The van der Waals surface area contributed by atoms with Gasteiger partial charge in [-0.2, -0.15) is 0 Å². The quantitative estimate of drug-likeness (QED) is 0.479. The van der Waals surface area contributed by atoms with E-state index in [1.54, 1.807) is 13.8 Å². The van der Waals surface area contributed by atoms with Crippen molar-refractivity contribution in [3.8, 4) is 0 Å². The number of benzene rings is 1. The van der Waals surface area contributed by atoms with E-state index in [9.17, 15) is 9.59 Å². The molecule has 1 aromatic rings. The summed E-state index contributed by atoms with van der Waals surface area (Å²) in [6.07, 6.45) is -0.548. The Balaban J connectivity index is 2.73. The number of carbonyl (C=O) groups is 2. The normalized spacial score (nSPS) is 10.4. The van der Waals surface area contributed by atoms with E-state index in [-0.39, 0.29) is 18.3 Å². The molecule has 0 radical (unpaired) electrons. The molecule has 0 aliphatic rings. The van der Waals surface area contributed by atoms with Gasteiger partial charge < -0.3 is 4.74 Å². The van der Waals surface area contributed by atoms with Gasteiger partial charge in [0.1, 0.15) is 6.42 Å². The second kappa shape index (κ2) is 6.03. The van der Waals surface area contributed by atoms with Gasteiger partial charge in [0.2, 0.25) is 0 Å². The fourth-order valence-corrected chi connectivity index (χ4v) is 1.78. The van der Waals surface area contributed by atoms with Gasteiger partial charge in [0.25, 0.3) is 0 Å². The number of ketones is 1. The van der Waals surface area contributed by atoms with Gasteiger partial charge in [0.05, 0.1) is 6.10 Å². The van der Waals surface area contributed by atoms with E-state index in [0.717, 1.165) is 0 Å². The lowest BCUT2D eigenvalue weighted by atomic mass is 10.1. The highest BCUT2D eigenvalue weighted by Crippen LogP contribution is 2.20. The predicted molar refractivity (Wildman–Crippen MR) is 66.6 cm³/mol. The minimum absolute atomic E-state index is 0.238. The summed E-state index contributed by atoms with van der Waals surface area (Å²) in [6, 6.07) is 4.46. The van der Waals surface area contributed by atoms with Crippen molar-refractivity contribution in [2.24, 2.45) is 0 Å².